The van der Waals surface area contributed by atoms with E-state index in [9.17, 15) is 4.39 Å². The molecule has 0 aromatic heterocycles. The number of halogens is 1. The summed E-state index contributed by atoms with van der Waals surface area (Å²) in [5.41, 5.74) is 6.60. The average molecular weight is 267 g/mol. The maximum atomic E-state index is 13.4. The van der Waals surface area contributed by atoms with Crippen LogP contribution in [-0.2, 0) is 11.3 Å². The van der Waals surface area contributed by atoms with Crippen molar-refractivity contribution in [2.75, 3.05) is 7.11 Å². The summed E-state index contributed by atoms with van der Waals surface area (Å²) in [6.07, 6.45) is 2.27. The fraction of sp³-hybridized carbons (Fsp3) is 0.462. The number of ether oxygens (including phenoxy) is 1. The summed E-state index contributed by atoms with van der Waals surface area (Å²) < 4.78 is 18.6. The second-order valence-corrected chi connectivity index (χ2v) is 4.74. The van der Waals surface area contributed by atoms with E-state index in [2.05, 4.69) is 10.5 Å². The van der Waals surface area contributed by atoms with Gasteiger partial charge in [-0.1, -0.05) is 5.16 Å². The van der Waals surface area contributed by atoms with E-state index in [1.165, 1.54) is 12.1 Å². The van der Waals surface area contributed by atoms with Crippen molar-refractivity contribution in [3.05, 3.63) is 35.1 Å². The van der Waals surface area contributed by atoms with Gasteiger partial charge in [0.05, 0.1) is 6.10 Å². The van der Waals surface area contributed by atoms with Crippen LogP contribution in [0.25, 0.3) is 0 Å². The number of hydrogen-bond donors (Lipinski definition) is 3. The zero-order valence-corrected chi connectivity index (χ0v) is 10.8. The summed E-state index contributed by atoms with van der Waals surface area (Å²) in [6, 6.07) is 4.79. The zero-order chi connectivity index (χ0) is 13.8. The fourth-order valence-corrected chi connectivity index (χ4v) is 2.15. The van der Waals surface area contributed by atoms with E-state index in [0.29, 0.717) is 24.3 Å². The van der Waals surface area contributed by atoms with Gasteiger partial charge in [-0.25, -0.2) is 4.39 Å². The minimum Gasteiger partial charge on any atom is -0.409 e. The number of methoxy groups -OCH3 is 1. The van der Waals surface area contributed by atoms with Gasteiger partial charge in [-0.3, -0.25) is 0 Å². The fourth-order valence-electron chi connectivity index (χ4n) is 2.15. The smallest absolute Gasteiger partial charge is 0.170 e. The highest BCUT2D eigenvalue weighted by Gasteiger charge is 2.28. The Labute approximate surface area is 111 Å². The summed E-state index contributed by atoms with van der Waals surface area (Å²) in [7, 11) is 1.71. The molecule has 0 saturated heterocycles. The Balaban J connectivity index is 1.95. The number of nitrogens with one attached hydrogen (secondary N) is 1. The van der Waals surface area contributed by atoms with Crippen molar-refractivity contribution in [1.82, 2.24) is 5.32 Å². The van der Waals surface area contributed by atoms with Crippen molar-refractivity contribution >= 4 is 5.84 Å². The maximum absolute atomic E-state index is 13.4. The van der Waals surface area contributed by atoms with Crippen LogP contribution < -0.4 is 11.1 Å². The van der Waals surface area contributed by atoms with Crippen LogP contribution in [-0.4, -0.2) is 30.3 Å². The van der Waals surface area contributed by atoms with Gasteiger partial charge < -0.3 is 21.0 Å². The number of benzene rings is 1. The van der Waals surface area contributed by atoms with Crippen molar-refractivity contribution < 1.29 is 14.3 Å². The first-order valence-electron chi connectivity index (χ1n) is 6.16. The van der Waals surface area contributed by atoms with Crippen LogP contribution >= 0.6 is 0 Å². The molecule has 1 aromatic carbocycles. The third-order valence-corrected chi connectivity index (χ3v) is 3.38. The zero-order valence-electron chi connectivity index (χ0n) is 10.8. The van der Waals surface area contributed by atoms with E-state index in [4.69, 9.17) is 15.7 Å². The Hall–Kier alpha value is -1.66. The molecule has 0 atom stereocenters. The first-order chi connectivity index (χ1) is 9.12. The molecule has 0 spiro atoms. The molecular formula is C13H18FN3O2. The van der Waals surface area contributed by atoms with Crippen LogP contribution in [0.3, 0.4) is 0 Å². The molecule has 0 unspecified atom stereocenters. The summed E-state index contributed by atoms with van der Waals surface area (Å²) >= 11 is 0. The maximum Gasteiger partial charge on any atom is 0.170 e. The van der Waals surface area contributed by atoms with E-state index in [0.717, 1.165) is 18.4 Å². The van der Waals surface area contributed by atoms with Crippen LogP contribution in [0.4, 0.5) is 4.39 Å². The van der Waals surface area contributed by atoms with Gasteiger partial charge in [-0.05, 0) is 36.6 Å². The summed E-state index contributed by atoms with van der Waals surface area (Å²) in [4.78, 5) is 0. The quantitative estimate of drug-likeness (QED) is 0.324. The van der Waals surface area contributed by atoms with Crippen molar-refractivity contribution in [2.24, 2.45) is 10.9 Å². The molecule has 0 bridgehead atoms. The van der Waals surface area contributed by atoms with Crippen LogP contribution in [0.2, 0.25) is 0 Å². The lowest BCUT2D eigenvalue weighted by Crippen LogP contribution is -2.44. The molecular weight excluding hydrogens is 249 g/mol. The standard InChI is InChI=1S/C13H18FN3O2/c1-19-12-5-11(6-12)16-7-8-2-9(13(15)17-18)4-10(14)3-8/h2-4,11-12,16,18H,5-7H2,1H3,(H2,15,17). The SMILES string of the molecule is COC1CC(NCc2cc(F)cc(/C(N)=N/O)c2)C1. The number of oxime groups is 1. The van der Waals surface area contributed by atoms with Gasteiger partial charge >= 0.3 is 0 Å². The van der Waals surface area contributed by atoms with Crippen molar-refractivity contribution in [3.63, 3.8) is 0 Å². The van der Waals surface area contributed by atoms with Crippen LogP contribution in [0.15, 0.2) is 23.4 Å². The van der Waals surface area contributed by atoms with Gasteiger partial charge in [0, 0.05) is 25.3 Å². The third-order valence-electron chi connectivity index (χ3n) is 3.38. The Bertz CT molecular complexity index is 473. The lowest BCUT2D eigenvalue weighted by Gasteiger charge is -2.34. The van der Waals surface area contributed by atoms with Crippen LogP contribution in [0.5, 0.6) is 0 Å². The minimum absolute atomic E-state index is 0.0937. The molecule has 19 heavy (non-hydrogen) atoms. The molecule has 1 aliphatic carbocycles. The number of rotatable bonds is 5. The van der Waals surface area contributed by atoms with Gasteiger partial charge in [0.25, 0.3) is 0 Å². The van der Waals surface area contributed by atoms with Gasteiger partial charge in [-0.2, -0.15) is 0 Å². The highest BCUT2D eigenvalue weighted by atomic mass is 19.1. The average Bonchev–Trinajstić information content (AvgIpc) is 2.35. The molecule has 4 N–H and O–H groups in total. The first-order valence-corrected chi connectivity index (χ1v) is 6.16. The van der Waals surface area contributed by atoms with Crippen molar-refractivity contribution in [2.45, 2.75) is 31.5 Å². The highest BCUT2D eigenvalue weighted by Crippen LogP contribution is 2.23. The van der Waals surface area contributed by atoms with Crippen molar-refractivity contribution in [1.29, 1.82) is 0 Å². The summed E-state index contributed by atoms with van der Waals surface area (Å²) in [5.74, 6) is -0.492. The molecule has 1 saturated carbocycles. The van der Waals surface area contributed by atoms with Crippen LogP contribution in [0.1, 0.15) is 24.0 Å². The number of hydrogen-bond acceptors (Lipinski definition) is 4. The number of nitrogens with two attached hydrogens (primary N) is 1. The predicted molar refractivity (Wildman–Crippen MR) is 69.6 cm³/mol. The van der Waals surface area contributed by atoms with Gasteiger partial charge in [0.15, 0.2) is 5.84 Å². The molecule has 0 radical (unpaired) electrons. The molecule has 6 heteroatoms. The first kappa shape index (κ1) is 13.8. The topological polar surface area (TPSA) is 79.9 Å². The van der Waals surface area contributed by atoms with Crippen molar-refractivity contribution in [3.8, 4) is 0 Å². The number of amidine groups is 1. The molecule has 0 heterocycles. The van der Waals surface area contributed by atoms with E-state index in [1.807, 2.05) is 0 Å². The minimum atomic E-state index is -0.399. The molecule has 2 rings (SSSR count). The molecule has 1 aromatic rings. The van der Waals surface area contributed by atoms with Gasteiger partial charge in [0.1, 0.15) is 5.82 Å². The predicted octanol–water partition coefficient (Wildman–Crippen LogP) is 1.19. The Morgan fingerprint density at radius 3 is 2.89 bits per heavy atom. The Kier molecular flexibility index (Phi) is 4.34. The van der Waals surface area contributed by atoms with E-state index in [-0.39, 0.29) is 5.84 Å². The van der Waals surface area contributed by atoms with E-state index < -0.39 is 5.82 Å². The Morgan fingerprint density at radius 2 is 2.26 bits per heavy atom. The lowest BCUT2D eigenvalue weighted by atomic mass is 9.89. The normalized spacial score (nSPS) is 23.2. The highest BCUT2D eigenvalue weighted by molar-refractivity contribution is 5.97. The molecule has 1 aliphatic rings. The second kappa shape index (κ2) is 5.99. The molecule has 1 fully saturated rings. The van der Waals surface area contributed by atoms with Gasteiger partial charge in [0.2, 0.25) is 0 Å². The third kappa shape index (κ3) is 3.42. The second-order valence-electron chi connectivity index (χ2n) is 4.74. The van der Waals surface area contributed by atoms with Gasteiger partial charge in [-0.15, -0.1) is 0 Å². The molecule has 0 aliphatic heterocycles. The Morgan fingerprint density at radius 1 is 1.53 bits per heavy atom. The molecule has 104 valence electrons. The molecule has 0 amide bonds. The summed E-state index contributed by atoms with van der Waals surface area (Å²) in [5, 5.41) is 14.8. The molecule has 5 nitrogen and oxygen atoms in total. The monoisotopic (exact) mass is 267 g/mol. The summed E-state index contributed by atoms with van der Waals surface area (Å²) in [6.45, 7) is 0.546. The number of nitrogens with zero attached hydrogens (tertiary/aromatic N) is 1. The van der Waals surface area contributed by atoms with E-state index in [1.54, 1.807) is 13.2 Å². The largest absolute Gasteiger partial charge is 0.409 e. The van der Waals surface area contributed by atoms with E-state index >= 15 is 0 Å². The van der Waals surface area contributed by atoms with Crippen LogP contribution in [0, 0.1) is 5.82 Å². The lowest BCUT2D eigenvalue weighted by molar-refractivity contribution is 0.0170.